The van der Waals surface area contributed by atoms with Gasteiger partial charge >= 0.3 is 0 Å². The lowest BCUT2D eigenvalue weighted by Gasteiger charge is -2.13. The van der Waals surface area contributed by atoms with Gasteiger partial charge in [-0.25, -0.2) is 0 Å². The molecule has 0 saturated heterocycles. The van der Waals surface area contributed by atoms with Gasteiger partial charge in [0.2, 0.25) is 0 Å². The van der Waals surface area contributed by atoms with Crippen molar-refractivity contribution in [3.63, 3.8) is 0 Å². The van der Waals surface area contributed by atoms with Crippen LogP contribution in [0.25, 0.3) is 0 Å². The highest BCUT2D eigenvalue weighted by molar-refractivity contribution is 5.41. The van der Waals surface area contributed by atoms with Crippen LogP contribution in [0.4, 0.5) is 0 Å². The number of hydrogen-bond acceptors (Lipinski definition) is 3. The molecule has 19 heavy (non-hydrogen) atoms. The van der Waals surface area contributed by atoms with Crippen LogP contribution in [0.15, 0.2) is 30.6 Å². The van der Waals surface area contributed by atoms with Crippen molar-refractivity contribution < 1.29 is 4.74 Å². The SMILES string of the molecule is Cc1cccc(CCN)c1OCCc1cnn(C)c1. The Kier molecular flexibility index (Phi) is 4.58. The van der Waals surface area contributed by atoms with Crippen molar-refractivity contribution in [1.82, 2.24) is 9.78 Å². The van der Waals surface area contributed by atoms with Crippen molar-refractivity contribution >= 4 is 0 Å². The second-order valence-corrected chi connectivity index (χ2v) is 4.72. The molecule has 0 saturated carbocycles. The summed E-state index contributed by atoms with van der Waals surface area (Å²) in [5, 5.41) is 4.15. The summed E-state index contributed by atoms with van der Waals surface area (Å²) in [6, 6.07) is 6.20. The molecular formula is C15H21N3O. The van der Waals surface area contributed by atoms with Gasteiger partial charge in [0.15, 0.2) is 0 Å². The topological polar surface area (TPSA) is 53.1 Å². The summed E-state index contributed by atoms with van der Waals surface area (Å²) in [5.74, 6) is 0.983. The maximum absolute atomic E-state index is 5.94. The predicted molar refractivity (Wildman–Crippen MR) is 76.3 cm³/mol. The first kappa shape index (κ1) is 13.6. The zero-order valence-electron chi connectivity index (χ0n) is 11.6. The van der Waals surface area contributed by atoms with E-state index in [1.165, 1.54) is 11.1 Å². The minimum Gasteiger partial charge on any atom is -0.493 e. The quantitative estimate of drug-likeness (QED) is 0.861. The molecule has 0 fully saturated rings. The Bertz CT molecular complexity index is 534. The molecule has 2 aromatic rings. The fraction of sp³-hybridized carbons (Fsp3) is 0.400. The number of aromatic nitrogens is 2. The van der Waals surface area contributed by atoms with Gasteiger partial charge in [0.05, 0.1) is 12.8 Å². The van der Waals surface area contributed by atoms with Crippen molar-refractivity contribution in [2.24, 2.45) is 12.8 Å². The van der Waals surface area contributed by atoms with Crippen LogP contribution in [-0.2, 0) is 19.9 Å². The normalized spacial score (nSPS) is 10.7. The number of para-hydroxylation sites is 1. The van der Waals surface area contributed by atoms with Crippen molar-refractivity contribution in [2.45, 2.75) is 19.8 Å². The zero-order chi connectivity index (χ0) is 13.7. The molecule has 4 heteroatoms. The number of nitrogens with two attached hydrogens (primary N) is 1. The highest BCUT2D eigenvalue weighted by atomic mass is 16.5. The van der Waals surface area contributed by atoms with Crippen LogP contribution in [0.3, 0.4) is 0 Å². The molecule has 0 spiro atoms. The lowest BCUT2D eigenvalue weighted by Crippen LogP contribution is -2.08. The summed E-state index contributed by atoms with van der Waals surface area (Å²) < 4.78 is 7.75. The molecule has 0 atom stereocenters. The number of aryl methyl sites for hydroxylation is 2. The summed E-state index contributed by atoms with van der Waals surface area (Å²) in [4.78, 5) is 0. The van der Waals surface area contributed by atoms with Gasteiger partial charge in [-0.05, 0) is 36.6 Å². The van der Waals surface area contributed by atoms with E-state index < -0.39 is 0 Å². The van der Waals surface area contributed by atoms with E-state index in [4.69, 9.17) is 10.5 Å². The van der Waals surface area contributed by atoms with Gasteiger partial charge in [0.25, 0.3) is 0 Å². The largest absolute Gasteiger partial charge is 0.493 e. The Morgan fingerprint density at radius 2 is 2.16 bits per heavy atom. The Hall–Kier alpha value is -1.81. The third-order valence-electron chi connectivity index (χ3n) is 3.10. The first-order valence-corrected chi connectivity index (χ1v) is 6.59. The van der Waals surface area contributed by atoms with Gasteiger partial charge in [-0.15, -0.1) is 0 Å². The van der Waals surface area contributed by atoms with Gasteiger partial charge in [0, 0.05) is 19.7 Å². The van der Waals surface area contributed by atoms with E-state index in [0.717, 1.165) is 24.2 Å². The summed E-state index contributed by atoms with van der Waals surface area (Å²) in [5.41, 5.74) is 9.18. The first-order valence-electron chi connectivity index (χ1n) is 6.59. The molecule has 1 heterocycles. The van der Waals surface area contributed by atoms with E-state index in [1.54, 1.807) is 0 Å². The van der Waals surface area contributed by atoms with E-state index >= 15 is 0 Å². The van der Waals surface area contributed by atoms with Crippen LogP contribution < -0.4 is 10.5 Å². The number of rotatable bonds is 6. The molecule has 4 nitrogen and oxygen atoms in total. The summed E-state index contributed by atoms with van der Waals surface area (Å²) in [6.45, 7) is 3.37. The summed E-state index contributed by atoms with van der Waals surface area (Å²) in [7, 11) is 1.92. The monoisotopic (exact) mass is 259 g/mol. The van der Waals surface area contributed by atoms with E-state index in [9.17, 15) is 0 Å². The molecule has 0 radical (unpaired) electrons. The Labute approximate surface area is 114 Å². The van der Waals surface area contributed by atoms with E-state index in [0.29, 0.717) is 13.2 Å². The van der Waals surface area contributed by atoms with E-state index in [1.807, 2.05) is 30.2 Å². The van der Waals surface area contributed by atoms with Crippen molar-refractivity contribution in [2.75, 3.05) is 13.2 Å². The highest BCUT2D eigenvalue weighted by Crippen LogP contribution is 2.23. The molecule has 102 valence electrons. The Morgan fingerprint density at radius 1 is 1.32 bits per heavy atom. The van der Waals surface area contributed by atoms with Gasteiger partial charge in [-0.2, -0.15) is 5.10 Å². The van der Waals surface area contributed by atoms with Crippen LogP contribution in [0.2, 0.25) is 0 Å². The lowest BCUT2D eigenvalue weighted by molar-refractivity contribution is 0.316. The maximum Gasteiger partial charge on any atom is 0.125 e. The maximum atomic E-state index is 5.94. The van der Waals surface area contributed by atoms with Crippen molar-refractivity contribution in [3.8, 4) is 5.75 Å². The third-order valence-corrected chi connectivity index (χ3v) is 3.10. The Balaban J connectivity index is 1.98. The first-order chi connectivity index (χ1) is 9.20. The number of benzene rings is 1. The van der Waals surface area contributed by atoms with Gasteiger partial charge in [0.1, 0.15) is 5.75 Å². The van der Waals surface area contributed by atoms with Gasteiger partial charge in [-0.3, -0.25) is 4.68 Å². The molecule has 0 aliphatic heterocycles. The number of ether oxygens (including phenoxy) is 1. The third kappa shape index (κ3) is 3.58. The minimum atomic E-state index is 0.641. The van der Waals surface area contributed by atoms with E-state index in [-0.39, 0.29) is 0 Å². The van der Waals surface area contributed by atoms with E-state index in [2.05, 4.69) is 24.2 Å². The van der Waals surface area contributed by atoms with Crippen molar-refractivity contribution in [3.05, 3.63) is 47.3 Å². The predicted octanol–water partition coefficient (Wildman–Crippen LogP) is 1.85. The molecule has 0 bridgehead atoms. The second kappa shape index (κ2) is 6.38. The van der Waals surface area contributed by atoms with Crippen LogP contribution in [0.5, 0.6) is 5.75 Å². The molecule has 0 aliphatic rings. The molecule has 2 rings (SSSR count). The molecule has 1 aromatic carbocycles. The summed E-state index contributed by atoms with van der Waals surface area (Å²) >= 11 is 0. The fourth-order valence-corrected chi connectivity index (χ4v) is 2.14. The number of hydrogen-bond donors (Lipinski definition) is 1. The number of nitrogens with zero attached hydrogens (tertiary/aromatic N) is 2. The average Bonchev–Trinajstić information content (AvgIpc) is 2.79. The van der Waals surface area contributed by atoms with Crippen LogP contribution in [0.1, 0.15) is 16.7 Å². The molecule has 0 unspecified atom stereocenters. The summed E-state index contributed by atoms with van der Waals surface area (Å²) in [6.07, 6.45) is 5.61. The van der Waals surface area contributed by atoms with Crippen LogP contribution >= 0.6 is 0 Å². The molecule has 2 N–H and O–H groups in total. The average molecular weight is 259 g/mol. The van der Waals surface area contributed by atoms with Crippen molar-refractivity contribution in [1.29, 1.82) is 0 Å². The molecular weight excluding hydrogens is 238 g/mol. The fourth-order valence-electron chi connectivity index (χ4n) is 2.14. The molecule has 0 aliphatic carbocycles. The standard InChI is InChI=1S/C15H21N3O/c1-12-4-3-5-14(6-8-16)15(12)19-9-7-13-10-17-18(2)11-13/h3-5,10-11H,6-9,16H2,1-2H3. The molecule has 0 amide bonds. The minimum absolute atomic E-state index is 0.641. The van der Waals surface area contributed by atoms with Gasteiger partial charge in [-0.1, -0.05) is 18.2 Å². The molecule has 1 aromatic heterocycles. The Morgan fingerprint density at radius 3 is 2.84 bits per heavy atom. The second-order valence-electron chi connectivity index (χ2n) is 4.72. The highest BCUT2D eigenvalue weighted by Gasteiger charge is 2.06. The van der Waals surface area contributed by atoms with Crippen LogP contribution in [0, 0.1) is 6.92 Å². The smallest absolute Gasteiger partial charge is 0.125 e. The lowest BCUT2D eigenvalue weighted by atomic mass is 10.1. The van der Waals surface area contributed by atoms with Gasteiger partial charge < -0.3 is 10.5 Å². The zero-order valence-corrected chi connectivity index (χ0v) is 11.6. The van der Waals surface area contributed by atoms with Crippen LogP contribution in [-0.4, -0.2) is 22.9 Å².